The third-order valence-electron chi connectivity index (χ3n) is 5.24. The van der Waals surface area contributed by atoms with Crippen LogP contribution in [0.15, 0.2) is 42.6 Å². The van der Waals surface area contributed by atoms with E-state index >= 15 is 0 Å². The third kappa shape index (κ3) is 6.26. The van der Waals surface area contributed by atoms with E-state index < -0.39 is 27.0 Å². The van der Waals surface area contributed by atoms with E-state index in [0.717, 1.165) is 6.08 Å². The van der Waals surface area contributed by atoms with E-state index in [1.807, 2.05) is 0 Å². The molecule has 0 unspecified atom stereocenters. The minimum Gasteiger partial charge on any atom is -0.483 e. The number of nitrogens with zero attached hydrogens (tertiary/aromatic N) is 6. The molecule has 0 saturated carbocycles. The molecule has 0 bridgehead atoms. The molecule has 3 rings (SSSR count). The third-order valence-corrected chi connectivity index (χ3v) is 7.29. The molecule has 3 heterocycles. The lowest BCUT2D eigenvalue weighted by molar-refractivity contribution is -0.115. The second-order valence-corrected chi connectivity index (χ2v) is 10.1. The van der Waals surface area contributed by atoms with Gasteiger partial charge in [-0.1, -0.05) is 24.6 Å². The summed E-state index contributed by atoms with van der Waals surface area (Å²) in [5, 5.41) is 7.38. The first kappa shape index (κ1) is 26.8. The van der Waals surface area contributed by atoms with E-state index in [0.29, 0.717) is 22.4 Å². The molecule has 0 aliphatic rings. The zero-order valence-electron chi connectivity index (χ0n) is 19.9. The van der Waals surface area contributed by atoms with Crippen LogP contribution in [0.3, 0.4) is 0 Å². The second kappa shape index (κ2) is 11.3. The number of rotatable bonds is 11. The molecule has 0 radical (unpaired) electrons. The van der Waals surface area contributed by atoms with Crippen molar-refractivity contribution in [2.75, 3.05) is 18.9 Å². The maximum atomic E-state index is 13.2. The van der Waals surface area contributed by atoms with Gasteiger partial charge in [0, 0.05) is 30.5 Å². The van der Waals surface area contributed by atoms with Gasteiger partial charge in [0.05, 0.1) is 31.0 Å². The van der Waals surface area contributed by atoms with Gasteiger partial charge in [0.25, 0.3) is 0 Å². The van der Waals surface area contributed by atoms with Crippen LogP contribution in [-0.4, -0.2) is 63.4 Å². The number of hydrogen-bond donors (Lipinski definition) is 2. The SMILES string of the molecule is COC(N)=CC(=O)Cn1c(NS(=O)(=O)[C@@H](C)[C@H](C)c2ncc(Cl)cn2)nnc1-c1cccc(OC)n1. The summed E-state index contributed by atoms with van der Waals surface area (Å²) in [6, 6.07) is 4.92. The number of sulfonamides is 1. The van der Waals surface area contributed by atoms with Gasteiger partial charge in [0.2, 0.25) is 21.9 Å². The number of nitrogens with two attached hydrogens (primary N) is 1. The van der Waals surface area contributed by atoms with E-state index in [2.05, 4.69) is 29.9 Å². The highest BCUT2D eigenvalue weighted by Crippen LogP contribution is 2.26. The summed E-state index contributed by atoms with van der Waals surface area (Å²) >= 11 is 5.83. The first-order valence-corrected chi connectivity index (χ1v) is 12.5. The molecule has 192 valence electrons. The highest BCUT2D eigenvalue weighted by Gasteiger charge is 2.31. The fourth-order valence-corrected chi connectivity index (χ4v) is 4.39. The van der Waals surface area contributed by atoms with Crippen molar-refractivity contribution in [3.05, 3.63) is 53.4 Å². The highest BCUT2D eigenvalue weighted by molar-refractivity contribution is 7.93. The van der Waals surface area contributed by atoms with Crippen molar-refractivity contribution >= 4 is 33.4 Å². The number of anilines is 1. The molecule has 15 heteroatoms. The number of ketones is 1. The lowest BCUT2D eigenvalue weighted by atomic mass is 10.1. The Morgan fingerprint density at radius 3 is 2.56 bits per heavy atom. The van der Waals surface area contributed by atoms with Crippen LogP contribution in [0.4, 0.5) is 5.95 Å². The van der Waals surface area contributed by atoms with Crippen LogP contribution in [0, 0.1) is 0 Å². The summed E-state index contributed by atoms with van der Waals surface area (Å²) < 4.78 is 40.2. The summed E-state index contributed by atoms with van der Waals surface area (Å²) in [6.07, 6.45) is 3.85. The van der Waals surface area contributed by atoms with Gasteiger partial charge in [0.1, 0.15) is 11.5 Å². The largest absolute Gasteiger partial charge is 0.483 e. The van der Waals surface area contributed by atoms with Gasteiger partial charge < -0.3 is 15.2 Å². The molecule has 3 aromatic heterocycles. The van der Waals surface area contributed by atoms with Crippen molar-refractivity contribution in [3.8, 4) is 17.4 Å². The number of hydrogen-bond acceptors (Lipinski definition) is 11. The standard InChI is InChI=1S/C21H25ClN8O5S/c1-12(19-24-9-14(22)10-25-19)13(2)36(32,33)29-21-28-27-20(16-6-5-7-18(26-16)35-4)30(21)11-15(31)8-17(23)34-3/h5-10,12-13H,11,23H2,1-4H3,(H,28,29)/t12-,13-/m0/s1. The van der Waals surface area contributed by atoms with Crippen molar-refractivity contribution in [1.29, 1.82) is 0 Å². The van der Waals surface area contributed by atoms with Gasteiger partial charge in [-0.3, -0.25) is 14.1 Å². The number of carbonyl (C=O) groups is 1. The summed E-state index contributed by atoms with van der Waals surface area (Å²) in [7, 11) is -1.28. The van der Waals surface area contributed by atoms with Crippen molar-refractivity contribution < 1.29 is 22.7 Å². The summed E-state index contributed by atoms with van der Waals surface area (Å²) in [4.78, 5) is 25.1. The number of pyridine rings is 1. The second-order valence-electron chi connectivity index (χ2n) is 7.62. The Kier molecular flexibility index (Phi) is 8.42. The minimum absolute atomic E-state index is 0.110. The molecule has 0 amide bonds. The predicted octanol–water partition coefficient (Wildman–Crippen LogP) is 1.74. The first-order chi connectivity index (χ1) is 17.1. The molecule has 13 nitrogen and oxygen atoms in total. The van der Waals surface area contributed by atoms with E-state index in [1.165, 1.54) is 38.1 Å². The maximum Gasteiger partial charge on any atom is 0.239 e. The van der Waals surface area contributed by atoms with Gasteiger partial charge >= 0.3 is 0 Å². The highest BCUT2D eigenvalue weighted by atomic mass is 35.5. The van der Waals surface area contributed by atoms with Gasteiger partial charge in [-0.05, 0) is 13.0 Å². The van der Waals surface area contributed by atoms with Crippen molar-refractivity contribution in [3.63, 3.8) is 0 Å². The molecule has 3 aromatic rings. The quantitative estimate of drug-likeness (QED) is 0.269. The van der Waals surface area contributed by atoms with Crippen LogP contribution in [0.1, 0.15) is 25.6 Å². The summed E-state index contributed by atoms with van der Waals surface area (Å²) in [5.41, 5.74) is 5.89. The fourth-order valence-electron chi connectivity index (χ4n) is 3.05. The molecule has 0 saturated heterocycles. The monoisotopic (exact) mass is 536 g/mol. The maximum absolute atomic E-state index is 13.2. The average molecular weight is 537 g/mol. The van der Waals surface area contributed by atoms with Gasteiger partial charge in [0.15, 0.2) is 17.5 Å². The molecule has 36 heavy (non-hydrogen) atoms. The van der Waals surface area contributed by atoms with Gasteiger partial charge in [-0.25, -0.2) is 23.4 Å². The van der Waals surface area contributed by atoms with Crippen LogP contribution >= 0.6 is 11.6 Å². The first-order valence-electron chi connectivity index (χ1n) is 10.5. The van der Waals surface area contributed by atoms with Gasteiger partial charge in [-0.2, -0.15) is 0 Å². The van der Waals surface area contributed by atoms with Crippen molar-refractivity contribution in [2.45, 2.75) is 31.6 Å². The van der Waals surface area contributed by atoms with Crippen LogP contribution in [-0.2, 0) is 26.1 Å². The lowest BCUT2D eigenvalue weighted by Gasteiger charge is -2.20. The van der Waals surface area contributed by atoms with Crippen LogP contribution in [0.2, 0.25) is 5.02 Å². The average Bonchev–Trinajstić information content (AvgIpc) is 3.24. The van der Waals surface area contributed by atoms with E-state index in [4.69, 9.17) is 26.8 Å². The van der Waals surface area contributed by atoms with Crippen LogP contribution in [0.5, 0.6) is 5.88 Å². The van der Waals surface area contributed by atoms with E-state index in [1.54, 1.807) is 25.1 Å². The van der Waals surface area contributed by atoms with Crippen LogP contribution < -0.4 is 15.2 Å². The fraction of sp³-hybridized carbons (Fsp3) is 0.333. The van der Waals surface area contributed by atoms with Crippen molar-refractivity contribution in [2.24, 2.45) is 5.73 Å². The molecule has 3 N–H and O–H groups in total. The summed E-state index contributed by atoms with van der Waals surface area (Å²) in [5.74, 6) is -0.660. The number of halogens is 1. The molecule has 0 aliphatic heterocycles. The smallest absolute Gasteiger partial charge is 0.239 e. The zero-order chi connectivity index (χ0) is 26.5. The lowest BCUT2D eigenvalue weighted by Crippen LogP contribution is -2.32. The van der Waals surface area contributed by atoms with Crippen LogP contribution in [0.25, 0.3) is 11.5 Å². The Hall–Kier alpha value is -3.78. The Balaban J connectivity index is 1.98. The molecule has 0 aromatic carbocycles. The molecule has 2 atom stereocenters. The summed E-state index contributed by atoms with van der Waals surface area (Å²) in [6.45, 7) is 2.82. The molecular weight excluding hydrogens is 512 g/mol. The van der Waals surface area contributed by atoms with Crippen molar-refractivity contribution in [1.82, 2.24) is 29.7 Å². The Morgan fingerprint density at radius 1 is 1.22 bits per heavy atom. The topological polar surface area (TPSA) is 177 Å². The predicted molar refractivity (Wildman–Crippen MR) is 132 cm³/mol. The molecular formula is C21H25ClN8O5S. The number of aromatic nitrogens is 6. The van der Waals surface area contributed by atoms with E-state index in [9.17, 15) is 13.2 Å². The Bertz CT molecular complexity index is 1360. The number of allylic oxidation sites excluding steroid dienone is 1. The van der Waals surface area contributed by atoms with E-state index in [-0.39, 0.29) is 24.2 Å². The van der Waals surface area contributed by atoms with Gasteiger partial charge in [-0.15, -0.1) is 10.2 Å². The molecule has 0 aliphatic carbocycles. The zero-order valence-corrected chi connectivity index (χ0v) is 21.5. The molecule has 0 fully saturated rings. The minimum atomic E-state index is -4.05. The number of ether oxygens (including phenoxy) is 2. The Morgan fingerprint density at radius 2 is 1.92 bits per heavy atom. The normalized spacial score (nSPS) is 13.6. The number of methoxy groups -OCH3 is 2. The Labute approximate surface area is 212 Å². The number of nitrogens with one attached hydrogen (secondary N) is 1. The molecule has 0 spiro atoms. The number of carbonyl (C=O) groups excluding carboxylic acids is 1.